The molecule has 5 nitrogen and oxygen atoms in total. The number of aryl methyl sites for hydroxylation is 1. The quantitative estimate of drug-likeness (QED) is 0.579. The first kappa shape index (κ1) is 23.0. The minimum Gasteiger partial charge on any atom is -0.369 e. The van der Waals surface area contributed by atoms with Gasteiger partial charge in [0.15, 0.2) is 0 Å². The van der Waals surface area contributed by atoms with Crippen LogP contribution in [0, 0.1) is 0 Å². The number of hydrogen-bond donors (Lipinski definition) is 0. The van der Waals surface area contributed by atoms with E-state index in [9.17, 15) is 4.79 Å². The maximum atomic E-state index is 13.1. The van der Waals surface area contributed by atoms with E-state index in [1.807, 2.05) is 6.07 Å². The topological polar surface area (TPSA) is 40.8 Å². The number of piperazine rings is 1. The Morgan fingerprint density at radius 3 is 2.39 bits per heavy atom. The van der Waals surface area contributed by atoms with Crippen molar-refractivity contribution in [2.45, 2.75) is 38.1 Å². The molecule has 3 aromatic rings. The molecule has 0 saturated carbocycles. The summed E-state index contributed by atoms with van der Waals surface area (Å²) in [7, 11) is 2.18. The molecule has 5 heteroatoms. The van der Waals surface area contributed by atoms with Crippen molar-refractivity contribution in [1.29, 1.82) is 0 Å². The second-order valence-corrected chi connectivity index (χ2v) is 10.3. The number of likely N-dealkylation sites (N-methyl/N-ethyl adjacent to an activating group) is 1. The third kappa shape index (κ3) is 4.68. The van der Waals surface area contributed by atoms with Crippen molar-refractivity contribution in [3.8, 4) is 0 Å². The molecule has 6 rings (SSSR count). The number of anilines is 1. The molecular formula is C31H34N4O. The van der Waals surface area contributed by atoms with Crippen molar-refractivity contribution < 1.29 is 0 Å². The lowest BCUT2D eigenvalue weighted by atomic mass is 9.88. The van der Waals surface area contributed by atoms with Crippen LogP contribution < -0.4 is 21.0 Å². The van der Waals surface area contributed by atoms with Gasteiger partial charge in [0.2, 0.25) is 0 Å². The number of nitrogens with zero attached hydrogens (tertiary/aromatic N) is 4. The summed E-state index contributed by atoms with van der Waals surface area (Å²) in [5.74, 6) is 0. The Balaban J connectivity index is 1.25. The maximum absolute atomic E-state index is 13.1. The van der Waals surface area contributed by atoms with E-state index in [4.69, 9.17) is 4.99 Å². The van der Waals surface area contributed by atoms with E-state index >= 15 is 0 Å². The molecule has 2 aromatic carbocycles. The average molecular weight is 479 g/mol. The molecule has 0 radical (unpaired) electrons. The summed E-state index contributed by atoms with van der Waals surface area (Å²) < 4.78 is 2.05. The molecule has 0 N–H and O–H groups in total. The predicted molar refractivity (Wildman–Crippen MR) is 149 cm³/mol. The van der Waals surface area contributed by atoms with Gasteiger partial charge in [-0.3, -0.25) is 9.79 Å². The van der Waals surface area contributed by atoms with Crippen LogP contribution in [0.2, 0.25) is 0 Å². The third-order valence-electron chi connectivity index (χ3n) is 7.98. The summed E-state index contributed by atoms with van der Waals surface area (Å²) >= 11 is 0. The highest BCUT2D eigenvalue weighted by atomic mass is 16.1. The first-order chi connectivity index (χ1) is 17.6. The Morgan fingerprint density at radius 1 is 0.833 bits per heavy atom. The summed E-state index contributed by atoms with van der Waals surface area (Å²) in [4.78, 5) is 22.9. The fourth-order valence-corrected chi connectivity index (χ4v) is 5.85. The van der Waals surface area contributed by atoms with Crippen LogP contribution in [0.3, 0.4) is 0 Å². The Bertz CT molecular complexity index is 1460. The molecule has 0 spiro atoms. The van der Waals surface area contributed by atoms with E-state index in [0.717, 1.165) is 80.2 Å². The number of pyridine rings is 1. The first-order valence-electron chi connectivity index (χ1n) is 13.2. The van der Waals surface area contributed by atoms with E-state index in [2.05, 4.69) is 82.1 Å². The summed E-state index contributed by atoms with van der Waals surface area (Å²) in [5, 5.41) is 2.20. The normalized spacial score (nSPS) is 21.2. The fourth-order valence-electron chi connectivity index (χ4n) is 5.85. The largest absolute Gasteiger partial charge is 0.369 e. The van der Waals surface area contributed by atoms with Crippen LogP contribution in [0.1, 0.15) is 36.4 Å². The monoisotopic (exact) mass is 478 g/mol. The van der Waals surface area contributed by atoms with Gasteiger partial charge in [0.25, 0.3) is 5.56 Å². The molecule has 1 fully saturated rings. The number of rotatable bonds is 3. The average Bonchev–Trinajstić information content (AvgIpc) is 3.11. The Hall–Kier alpha value is -3.44. The second-order valence-electron chi connectivity index (χ2n) is 10.3. The van der Waals surface area contributed by atoms with Gasteiger partial charge in [-0.2, -0.15) is 0 Å². The van der Waals surface area contributed by atoms with Crippen LogP contribution >= 0.6 is 0 Å². The number of aromatic nitrogens is 1. The molecule has 1 aromatic heterocycles. The minimum absolute atomic E-state index is 0.0997. The van der Waals surface area contributed by atoms with E-state index in [1.54, 1.807) is 6.07 Å². The first-order valence-corrected chi connectivity index (χ1v) is 13.2. The Labute approximate surface area is 212 Å². The van der Waals surface area contributed by atoms with Gasteiger partial charge in [0.1, 0.15) is 0 Å². The highest BCUT2D eigenvalue weighted by Gasteiger charge is 2.21. The van der Waals surface area contributed by atoms with Gasteiger partial charge in [0, 0.05) is 67.9 Å². The zero-order valence-corrected chi connectivity index (χ0v) is 21.1. The number of aliphatic imine (C=N–C) groups is 1. The zero-order chi connectivity index (χ0) is 24.5. The van der Waals surface area contributed by atoms with Gasteiger partial charge in [-0.25, -0.2) is 0 Å². The second kappa shape index (κ2) is 9.90. The number of hydrogen-bond acceptors (Lipinski definition) is 4. The highest BCUT2D eigenvalue weighted by molar-refractivity contribution is 5.94. The molecule has 0 amide bonds. The van der Waals surface area contributed by atoms with E-state index in [1.165, 1.54) is 16.8 Å². The standard InChI is InChI=1S/C31H34N4O/c1-33-18-20-34(21-19-33)28-14-10-27(11-15-28)32-26-9-6-24-8-17-31(36)35(30(24)16-12-26)29-13-7-23-4-2-3-5-25(23)22-29/h2-6,8,10-11,14-17,29H,7,9,12-13,18-22H2,1H3. The summed E-state index contributed by atoms with van der Waals surface area (Å²) in [6.45, 7) is 4.35. The minimum atomic E-state index is 0.0997. The van der Waals surface area contributed by atoms with E-state index in [-0.39, 0.29) is 11.6 Å². The van der Waals surface area contributed by atoms with Gasteiger partial charge in [-0.1, -0.05) is 36.4 Å². The molecule has 3 aliphatic rings. The number of fused-ring (bicyclic) bond motifs is 2. The molecule has 2 heterocycles. The van der Waals surface area contributed by atoms with E-state index in [0.29, 0.717) is 0 Å². The SMILES string of the molecule is CN1CCN(c2ccc(N=C3CC=c4ccc(=O)n(C5CCc6ccccc6C5)c4=CC3)cc2)CC1. The van der Waals surface area contributed by atoms with Crippen molar-refractivity contribution in [3.05, 3.63) is 92.7 Å². The van der Waals surface area contributed by atoms with Crippen molar-refractivity contribution in [1.82, 2.24) is 9.47 Å². The van der Waals surface area contributed by atoms with Gasteiger partial charge in [-0.15, -0.1) is 0 Å². The van der Waals surface area contributed by atoms with Crippen LogP contribution in [0.25, 0.3) is 12.2 Å². The van der Waals surface area contributed by atoms with Crippen LogP contribution in [-0.2, 0) is 12.8 Å². The molecule has 36 heavy (non-hydrogen) atoms. The number of benzene rings is 2. The lowest BCUT2D eigenvalue weighted by molar-refractivity contribution is 0.313. The van der Waals surface area contributed by atoms with Crippen molar-refractivity contribution in [2.75, 3.05) is 38.1 Å². The maximum Gasteiger partial charge on any atom is 0.251 e. The van der Waals surface area contributed by atoms with Crippen molar-refractivity contribution in [2.24, 2.45) is 4.99 Å². The summed E-state index contributed by atoms with van der Waals surface area (Å²) in [6.07, 6.45) is 8.97. The van der Waals surface area contributed by atoms with E-state index < -0.39 is 0 Å². The molecule has 1 unspecified atom stereocenters. The molecule has 184 valence electrons. The van der Waals surface area contributed by atoms with Crippen molar-refractivity contribution >= 4 is 29.2 Å². The Kier molecular flexibility index (Phi) is 6.32. The zero-order valence-electron chi connectivity index (χ0n) is 21.1. The van der Waals surface area contributed by atoms with Gasteiger partial charge in [-0.05, 0) is 73.0 Å². The molecule has 0 bridgehead atoms. The predicted octanol–water partition coefficient (Wildman–Crippen LogP) is 3.46. The summed E-state index contributed by atoms with van der Waals surface area (Å²) in [5.41, 5.74) is 6.30. The molecular weight excluding hydrogens is 444 g/mol. The van der Waals surface area contributed by atoms with Gasteiger partial charge < -0.3 is 14.4 Å². The lowest BCUT2D eigenvalue weighted by Gasteiger charge is -2.34. The van der Waals surface area contributed by atoms with Gasteiger partial charge >= 0.3 is 0 Å². The highest BCUT2D eigenvalue weighted by Crippen LogP contribution is 2.27. The Morgan fingerprint density at radius 2 is 1.58 bits per heavy atom. The third-order valence-corrected chi connectivity index (χ3v) is 7.98. The molecule has 1 atom stereocenters. The lowest BCUT2D eigenvalue weighted by Crippen LogP contribution is -2.45. The smallest absolute Gasteiger partial charge is 0.251 e. The molecule has 1 saturated heterocycles. The van der Waals surface area contributed by atoms with Crippen LogP contribution in [0.5, 0.6) is 0 Å². The van der Waals surface area contributed by atoms with Gasteiger partial charge in [0.05, 0.1) is 5.69 Å². The van der Waals surface area contributed by atoms with Crippen molar-refractivity contribution in [3.63, 3.8) is 0 Å². The van der Waals surface area contributed by atoms with Crippen LogP contribution in [0.4, 0.5) is 11.4 Å². The summed E-state index contributed by atoms with van der Waals surface area (Å²) in [6, 6.07) is 21.2. The van der Waals surface area contributed by atoms with Crippen LogP contribution in [-0.4, -0.2) is 48.4 Å². The van der Waals surface area contributed by atoms with Crippen LogP contribution in [0.15, 0.2) is 70.5 Å². The molecule has 1 aliphatic heterocycles. The molecule has 2 aliphatic carbocycles. The fraction of sp³-hybridized carbons (Fsp3) is 0.355.